The van der Waals surface area contributed by atoms with Gasteiger partial charge in [0.15, 0.2) is 0 Å². The summed E-state index contributed by atoms with van der Waals surface area (Å²) in [5.74, 6) is -0.234. The second-order valence-corrected chi connectivity index (χ2v) is 4.25. The maximum Gasteiger partial charge on any atom is 0.305 e. The highest BCUT2D eigenvalue weighted by Crippen LogP contribution is 2.08. The lowest BCUT2D eigenvalue weighted by atomic mass is 10.1. The molecule has 0 heterocycles. The summed E-state index contributed by atoms with van der Waals surface area (Å²) in [5, 5.41) is 9.52. The SMILES string of the molecule is CCCCCCCCC(O)COC(=O)CC. The molecule has 0 rings (SSSR count). The van der Waals surface area contributed by atoms with E-state index in [2.05, 4.69) is 6.92 Å². The van der Waals surface area contributed by atoms with E-state index in [9.17, 15) is 9.90 Å². The molecule has 0 saturated carbocycles. The van der Waals surface area contributed by atoms with E-state index in [4.69, 9.17) is 4.74 Å². The molecule has 0 aromatic heterocycles. The van der Waals surface area contributed by atoms with Crippen molar-refractivity contribution in [2.75, 3.05) is 6.61 Å². The molecule has 16 heavy (non-hydrogen) atoms. The molecule has 0 amide bonds. The summed E-state index contributed by atoms with van der Waals surface area (Å²) >= 11 is 0. The number of carbonyl (C=O) groups is 1. The first-order chi connectivity index (χ1) is 7.70. The normalized spacial score (nSPS) is 12.4. The molecular weight excluding hydrogens is 204 g/mol. The fourth-order valence-electron chi connectivity index (χ4n) is 1.53. The molecule has 0 spiro atoms. The number of esters is 1. The Kier molecular flexibility index (Phi) is 10.5. The fourth-order valence-corrected chi connectivity index (χ4v) is 1.53. The maximum atomic E-state index is 10.8. The van der Waals surface area contributed by atoms with Crippen molar-refractivity contribution in [3.8, 4) is 0 Å². The summed E-state index contributed by atoms with van der Waals surface area (Å²) in [6.07, 6.45) is 7.92. The number of rotatable bonds is 10. The van der Waals surface area contributed by atoms with Crippen LogP contribution in [0.2, 0.25) is 0 Å². The van der Waals surface area contributed by atoms with E-state index < -0.39 is 6.10 Å². The van der Waals surface area contributed by atoms with Crippen molar-refractivity contribution in [2.45, 2.75) is 71.3 Å². The van der Waals surface area contributed by atoms with Gasteiger partial charge in [-0.3, -0.25) is 4.79 Å². The number of aliphatic hydroxyl groups is 1. The Balaban J connectivity index is 3.23. The topological polar surface area (TPSA) is 46.5 Å². The number of carbonyl (C=O) groups excluding carboxylic acids is 1. The lowest BCUT2D eigenvalue weighted by Crippen LogP contribution is -2.18. The average molecular weight is 230 g/mol. The minimum atomic E-state index is -0.485. The quantitative estimate of drug-likeness (QED) is 0.463. The van der Waals surface area contributed by atoms with Crippen LogP contribution < -0.4 is 0 Å². The van der Waals surface area contributed by atoms with Gasteiger partial charge in [-0.1, -0.05) is 52.4 Å². The number of ether oxygens (including phenoxy) is 1. The van der Waals surface area contributed by atoms with Crippen LogP contribution in [-0.4, -0.2) is 23.8 Å². The Morgan fingerprint density at radius 2 is 1.75 bits per heavy atom. The van der Waals surface area contributed by atoms with Crippen LogP contribution in [-0.2, 0) is 9.53 Å². The molecule has 0 radical (unpaired) electrons. The molecule has 0 aromatic rings. The van der Waals surface area contributed by atoms with Crippen LogP contribution in [0.4, 0.5) is 0 Å². The number of hydrogen-bond donors (Lipinski definition) is 1. The summed E-state index contributed by atoms with van der Waals surface area (Å²) < 4.78 is 4.86. The van der Waals surface area contributed by atoms with E-state index in [-0.39, 0.29) is 12.6 Å². The van der Waals surface area contributed by atoms with Gasteiger partial charge in [-0.25, -0.2) is 0 Å². The van der Waals surface area contributed by atoms with Gasteiger partial charge in [-0.15, -0.1) is 0 Å². The Morgan fingerprint density at radius 3 is 2.38 bits per heavy atom. The van der Waals surface area contributed by atoms with Crippen LogP contribution in [0.5, 0.6) is 0 Å². The summed E-state index contributed by atoms with van der Waals surface area (Å²) in [4.78, 5) is 10.8. The van der Waals surface area contributed by atoms with Crippen LogP contribution in [0.25, 0.3) is 0 Å². The second kappa shape index (κ2) is 10.9. The van der Waals surface area contributed by atoms with Crippen molar-refractivity contribution in [3.05, 3.63) is 0 Å². The Hall–Kier alpha value is -0.570. The monoisotopic (exact) mass is 230 g/mol. The van der Waals surface area contributed by atoms with Crippen LogP contribution in [0.3, 0.4) is 0 Å². The Morgan fingerprint density at radius 1 is 1.12 bits per heavy atom. The first-order valence-corrected chi connectivity index (χ1v) is 6.54. The van der Waals surface area contributed by atoms with Crippen LogP contribution in [0.1, 0.15) is 65.2 Å². The van der Waals surface area contributed by atoms with Crippen molar-refractivity contribution >= 4 is 5.97 Å². The highest BCUT2D eigenvalue weighted by atomic mass is 16.5. The zero-order valence-corrected chi connectivity index (χ0v) is 10.7. The largest absolute Gasteiger partial charge is 0.463 e. The Labute approximate surface area is 99.2 Å². The molecule has 0 fully saturated rings. The van der Waals surface area contributed by atoms with Crippen molar-refractivity contribution < 1.29 is 14.6 Å². The van der Waals surface area contributed by atoms with Gasteiger partial charge < -0.3 is 9.84 Å². The minimum Gasteiger partial charge on any atom is -0.463 e. The minimum absolute atomic E-state index is 0.154. The molecule has 96 valence electrons. The van der Waals surface area contributed by atoms with Gasteiger partial charge in [0.1, 0.15) is 6.61 Å². The zero-order chi connectivity index (χ0) is 12.2. The van der Waals surface area contributed by atoms with Gasteiger partial charge in [-0.2, -0.15) is 0 Å². The molecule has 1 atom stereocenters. The predicted molar refractivity (Wildman–Crippen MR) is 65.2 cm³/mol. The molecule has 0 bridgehead atoms. The predicted octanol–water partition coefficient (Wildman–Crippen LogP) is 3.05. The van der Waals surface area contributed by atoms with Crippen LogP contribution in [0, 0.1) is 0 Å². The van der Waals surface area contributed by atoms with E-state index in [1.54, 1.807) is 6.92 Å². The lowest BCUT2D eigenvalue weighted by molar-refractivity contribution is -0.146. The van der Waals surface area contributed by atoms with E-state index >= 15 is 0 Å². The molecule has 3 nitrogen and oxygen atoms in total. The molecule has 3 heteroatoms. The smallest absolute Gasteiger partial charge is 0.305 e. The van der Waals surface area contributed by atoms with Crippen molar-refractivity contribution in [2.24, 2.45) is 0 Å². The maximum absolute atomic E-state index is 10.8. The third-order valence-electron chi connectivity index (χ3n) is 2.62. The number of aliphatic hydroxyl groups excluding tert-OH is 1. The average Bonchev–Trinajstić information content (AvgIpc) is 2.30. The van der Waals surface area contributed by atoms with E-state index in [0.29, 0.717) is 6.42 Å². The summed E-state index contributed by atoms with van der Waals surface area (Å²) in [5.41, 5.74) is 0. The number of unbranched alkanes of at least 4 members (excludes halogenated alkanes) is 5. The molecule has 1 unspecified atom stereocenters. The Bertz CT molecular complexity index is 169. The highest BCUT2D eigenvalue weighted by molar-refractivity contribution is 5.68. The molecule has 0 aliphatic rings. The third-order valence-corrected chi connectivity index (χ3v) is 2.62. The van der Waals surface area contributed by atoms with Crippen LogP contribution >= 0.6 is 0 Å². The molecular formula is C13H26O3. The fraction of sp³-hybridized carbons (Fsp3) is 0.923. The van der Waals surface area contributed by atoms with E-state index in [0.717, 1.165) is 12.8 Å². The van der Waals surface area contributed by atoms with Gasteiger partial charge in [-0.05, 0) is 6.42 Å². The van der Waals surface area contributed by atoms with Crippen molar-refractivity contribution in [1.82, 2.24) is 0 Å². The van der Waals surface area contributed by atoms with E-state index in [1.165, 1.54) is 32.1 Å². The molecule has 0 aromatic carbocycles. The van der Waals surface area contributed by atoms with Gasteiger partial charge >= 0.3 is 5.97 Å². The summed E-state index contributed by atoms with van der Waals surface area (Å²) in [6, 6.07) is 0. The van der Waals surface area contributed by atoms with Crippen molar-refractivity contribution in [3.63, 3.8) is 0 Å². The van der Waals surface area contributed by atoms with Crippen molar-refractivity contribution in [1.29, 1.82) is 0 Å². The molecule has 1 N–H and O–H groups in total. The third kappa shape index (κ3) is 9.97. The van der Waals surface area contributed by atoms with Gasteiger partial charge in [0.05, 0.1) is 6.10 Å². The zero-order valence-electron chi connectivity index (χ0n) is 10.7. The first-order valence-electron chi connectivity index (χ1n) is 6.54. The molecule has 0 saturated heterocycles. The summed E-state index contributed by atoms with van der Waals surface area (Å²) in [7, 11) is 0. The van der Waals surface area contributed by atoms with Gasteiger partial charge in [0, 0.05) is 6.42 Å². The van der Waals surface area contributed by atoms with Gasteiger partial charge in [0.25, 0.3) is 0 Å². The highest BCUT2D eigenvalue weighted by Gasteiger charge is 2.06. The standard InChI is InChI=1S/C13H26O3/c1-3-5-6-7-8-9-10-12(14)11-16-13(15)4-2/h12,14H,3-11H2,1-2H3. The summed E-state index contributed by atoms with van der Waals surface area (Å²) in [6.45, 7) is 4.11. The molecule has 0 aliphatic carbocycles. The first kappa shape index (κ1) is 15.4. The van der Waals surface area contributed by atoms with Gasteiger partial charge in [0.2, 0.25) is 0 Å². The second-order valence-electron chi connectivity index (χ2n) is 4.25. The lowest BCUT2D eigenvalue weighted by Gasteiger charge is -2.10. The molecule has 0 aliphatic heterocycles. The van der Waals surface area contributed by atoms with E-state index in [1.807, 2.05) is 0 Å². The van der Waals surface area contributed by atoms with Crippen LogP contribution in [0.15, 0.2) is 0 Å². The number of hydrogen-bond acceptors (Lipinski definition) is 3.